The van der Waals surface area contributed by atoms with Gasteiger partial charge >= 0.3 is 0 Å². The highest BCUT2D eigenvalue weighted by Crippen LogP contribution is 2.44. The van der Waals surface area contributed by atoms with Gasteiger partial charge in [-0.1, -0.05) is 6.92 Å². The maximum Gasteiger partial charge on any atom is 0.264 e. The minimum Gasteiger partial charge on any atom is -0.264 e. The van der Waals surface area contributed by atoms with E-state index in [1.807, 2.05) is 6.92 Å². The monoisotopic (exact) mass is 197 g/mol. The van der Waals surface area contributed by atoms with Crippen molar-refractivity contribution in [1.29, 1.82) is 0 Å². The number of rotatable bonds is 3. The largest absolute Gasteiger partial charge is 0.264 e. The number of hydrogen-bond acceptors (Lipinski definition) is 1. The number of aromatic nitrogens is 1. The van der Waals surface area contributed by atoms with Gasteiger partial charge in [0.1, 0.15) is 0 Å². The van der Waals surface area contributed by atoms with Gasteiger partial charge in [0, 0.05) is 18.0 Å². The van der Waals surface area contributed by atoms with Gasteiger partial charge < -0.3 is 0 Å². The van der Waals surface area contributed by atoms with Crippen LogP contribution in [0.1, 0.15) is 43.2 Å². The summed E-state index contributed by atoms with van der Waals surface area (Å²) in [5.41, 5.74) is 0.879. The summed E-state index contributed by atoms with van der Waals surface area (Å²) in [6.45, 7) is 2.01. The molecule has 76 valence electrons. The Labute approximate surface area is 82.2 Å². The van der Waals surface area contributed by atoms with Crippen LogP contribution in [0, 0.1) is 5.92 Å². The normalized spacial score (nSPS) is 18.6. The number of hydrogen-bond donors (Lipinski definition) is 0. The van der Waals surface area contributed by atoms with E-state index in [9.17, 15) is 8.78 Å². The first-order valence-corrected chi connectivity index (χ1v) is 4.92. The van der Waals surface area contributed by atoms with E-state index in [0.29, 0.717) is 5.92 Å². The highest BCUT2D eigenvalue weighted by Gasteiger charge is 2.31. The average Bonchev–Trinajstić information content (AvgIpc) is 3.00. The Kier molecular flexibility index (Phi) is 2.48. The Bertz CT molecular complexity index is 321. The van der Waals surface area contributed by atoms with Crippen LogP contribution >= 0.6 is 0 Å². The van der Waals surface area contributed by atoms with Gasteiger partial charge in [-0.2, -0.15) is 0 Å². The van der Waals surface area contributed by atoms with Crippen molar-refractivity contribution in [2.24, 2.45) is 5.92 Å². The molecule has 1 aliphatic carbocycles. The van der Waals surface area contributed by atoms with Crippen LogP contribution in [0.3, 0.4) is 0 Å². The summed E-state index contributed by atoms with van der Waals surface area (Å²) in [7, 11) is 0. The molecule has 1 unspecified atom stereocenters. The van der Waals surface area contributed by atoms with Crippen molar-refractivity contribution in [3.8, 4) is 0 Å². The molecule has 1 heterocycles. The number of halogens is 2. The topological polar surface area (TPSA) is 12.9 Å². The molecule has 0 amide bonds. The van der Waals surface area contributed by atoms with Crippen molar-refractivity contribution >= 4 is 0 Å². The van der Waals surface area contributed by atoms with Crippen LogP contribution in [0.4, 0.5) is 8.78 Å². The molecule has 0 radical (unpaired) electrons. The molecule has 1 fully saturated rings. The van der Waals surface area contributed by atoms with E-state index >= 15 is 0 Å². The highest BCUT2D eigenvalue weighted by molar-refractivity contribution is 5.29. The third-order valence-corrected chi connectivity index (χ3v) is 2.94. The SMILES string of the molecule is CC(c1cnccc1C(F)F)C1CC1. The van der Waals surface area contributed by atoms with Crippen LogP contribution in [0.2, 0.25) is 0 Å². The van der Waals surface area contributed by atoms with Crippen LogP contribution in [-0.4, -0.2) is 4.98 Å². The van der Waals surface area contributed by atoms with Gasteiger partial charge in [0.05, 0.1) is 0 Å². The standard InChI is InChI=1S/C11H13F2N/c1-7(8-2-3-8)10-6-14-5-4-9(10)11(12)13/h4-8,11H,2-3H2,1H3. The maximum absolute atomic E-state index is 12.6. The molecule has 0 bridgehead atoms. The van der Waals surface area contributed by atoms with E-state index < -0.39 is 6.43 Å². The second-order valence-electron chi connectivity index (χ2n) is 3.93. The first-order chi connectivity index (χ1) is 6.70. The van der Waals surface area contributed by atoms with Gasteiger partial charge in [0.2, 0.25) is 0 Å². The summed E-state index contributed by atoms with van der Waals surface area (Å²) in [4.78, 5) is 3.93. The van der Waals surface area contributed by atoms with Gasteiger partial charge in [-0.3, -0.25) is 4.98 Å². The van der Waals surface area contributed by atoms with Crippen molar-refractivity contribution in [2.45, 2.75) is 32.1 Å². The first kappa shape index (κ1) is 9.56. The Morgan fingerprint density at radius 1 is 1.36 bits per heavy atom. The molecule has 0 N–H and O–H groups in total. The predicted molar refractivity (Wildman–Crippen MR) is 50.3 cm³/mol. The molecule has 0 aliphatic heterocycles. The number of alkyl halides is 2. The Morgan fingerprint density at radius 3 is 2.64 bits per heavy atom. The Morgan fingerprint density at radius 2 is 2.07 bits per heavy atom. The lowest BCUT2D eigenvalue weighted by Gasteiger charge is -2.14. The highest BCUT2D eigenvalue weighted by atomic mass is 19.3. The minimum atomic E-state index is -2.38. The fraction of sp³-hybridized carbons (Fsp3) is 0.545. The first-order valence-electron chi connectivity index (χ1n) is 4.92. The molecular weight excluding hydrogens is 184 g/mol. The molecule has 2 rings (SSSR count). The molecular formula is C11H13F2N. The number of nitrogens with zero attached hydrogens (tertiary/aromatic N) is 1. The fourth-order valence-corrected chi connectivity index (χ4v) is 1.85. The van der Waals surface area contributed by atoms with E-state index in [4.69, 9.17) is 0 Å². The van der Waals surface area contributed by atoms with Gasteiger partial charge in [-0.25, -0.2) is 8.78 Å². The summed E-state index contributed by atoms with van der Waals surface area (Å²) in [6, 6.07) is 1.43. The van der Waals surface area contributed by atoms with Crippen molar-refractivity contribution in [3.63, 3.8) is 0 Å². The molecule has 1 atom stereocenters. The lowest BCUT2D eigenvalue weighted by atomic mass is 9.94. The minimum absolute atomic E-state index is 0.152. The van der Waals surface area contributed by atoms with Crippen LogP contribution in [0.15, 0.2) is 18.5 Å². The lowest BCUT2D eigenvalue weighted by Crippen LogP contribution is -2.02. The van der Waals surface area contributed by atoms with E-state index in [1.54, 1.807) is 6.20 Å². The second kappa shape index (κ2) is 3.64. The quantitative estimate of drug-likeness (QED) is 0.722. The summed E-state index contributed by atoms with van der Waals surface area (Å²) in [6.07, 6.45) is 2.97. The van der Waals surface area contributed by atoms with E-state index in [1.165, 1.54) is 25.1 Å². The number of pyridine rings is 1. The summed E-state index contributed by atoms with van der Waals surface area (Å²) in [5, 5.41) is 0. The zero-order chi connectivity index (χ0) is 10.1. The van der Waals surface area contributed by atoms with Crippen molar-refractivity contribution in [3.05, 3.63) is 29.6 Å². The molecule has 1 aliphatic rings. The van der Waals surface area contributed by atoms with Crippen molar-refractivity contribution in [1.82, 2.24) is 4.98 Å². The Hall–Kier alpha value is -0.990. The second-order valence-corrected chi connectivity index (χ2v) is 3.93. The maximum atomic E-state index is 12.6. The molecule has 3 heteroatoms. The smallest absolute Gasteiger partial charge is 0.264 e. The zero-order valence-corrected chi connectivity index (χ0v) is 8.08. The van der Waals surface area contributed by atoms with Crippen LogP contribution in [0.5, 0.6) is 0 Å². The molecule has 0 aromatic carbocycles. The summed E-state index contributed by atoms with van der Waals surface area (Å²) in [5.74, 6) is 0.824. The zero-order valence-electron chi connectivity index (χ0n) is 8.08. The average molecular weight is 197 g/mol. The third kappa shape index (κ3) is 1.76. The van der Waals surface area contributed by atoms with Crippen LogP contribution < -0.4 is 0 Å². The van der Waals surface area contributed by atoms with Gasteiger partial charge in [0.15, 0.2) is 0 Å². The Balaban J connectivity index is 2.30. The van der Waals surface area contributed by atoms with E-state index in [2.05, 4.69) is 4.98 Å². The molecule has 14 heavy (non-hydrogen) atoms. The van der Waals surface area contributed by atoms with Gasteiger partial charge in [-0.05, 0) is 36.3 Å². The molecule has 1 aromatic heterocycles. The third-order valence-electron chi connectivity index (χ3n) is 2.94. The van der Waals surface area contributed by atoms with Crippen molar-refractivity contribution in [2.75, 3.05) is 0 Å². The van der Waals surface area contributed by atoms with E-state index in [-0.39, 0.29) is 11.5 Å². The van der Waals surface area contributed by atoms with Crippen LogP contribution in [0.25, 0.3) is 0 Å². The molecule has 1 nitrogen and oxygen atoms in total. The molecule has 0 spiro atoms. The van der Waals surface area contributed by atoms with E-state index in [0.717, 1.165) is 5.56 Å². The van der Waals surface area contributed by atoms with Gasteiger partial charge in [-0.15, -0.1) is 0 Å². The van der Waals surface area contributed by atoms with Crippen LogP contribution in [-0.2, 0) is 0 Å². The van der Waals surface area contributed by atoms with Crippen molar-refractivity contribution < 1.29 is 8.78 Å². The molecule has 0 saturated heterocycles. The summed E-state index contributed by atoms with van der Waals surface area (Å²) >= 11 is 0. The van der Waals surface area contributed by atoms with Gasteiger partial charge in [0.25, 0.3) is 6.43 Å². The predicted octanol–water partition coefficient (Wildman–Crippen LogP) is 3.53. The molecule has 1 saturated carbocycles. The lowest BCUT2D eigenvalue weighted by molar-refractivity contribution is 0.149. The summed E-state index contributed by atoms with van der Waals surface area (Å²) < 4.78 is 25.3. The fourth-order valence-electron chi connectivity index (χ4n) is 1.85. The molecule has 1 aromatic rings.